The van der Waals surface area contributed by atoms with Crippen LogP contribution in [-0.2, 0) is 14.3 Å². The van der Waals surface area contributed by atoms with E-state index in [1.165, 1.54) is 7.11 Å². The molecule has 24 heavy (non-hydrogen) atoms. The number of methoxy groups -OCH3 is 2. The minimum atomic E-state index is -0.368. The van der Waals surface area contributed by atoms with Gasteiger partial charge in [0.15, 0.2) is 6.61 Å². The summed E-state index contributed by atoms with van der Waals surface area (Å²) < 4.78 is 15.4. The molecule has 1 amide bonds. The lowest BCUT2D eigenvalue weighted by atomic mass is 10.1. The second-order valence-electron chi connectivity index (χ2n) is 5.59. The number of carbonyl (C=O) groups is 2. The lowest BCUT2D eigenvalue weighted by Gasteiger charge is -2.25. The van der Waals surface area contributed by atoms with Crippen LogP contribution in [-0.4, -0.2) is 50.7 Å². The first-order chi connectivity index (χ1) is 11.5. The van der Waals surface area contributed by atoms with Gasteiger partial charge in [-0.2, -0.15) is 0 Å². The van der Waals surface area contributed by atoms with Crippen molar-refractivity contribution in [2.24, 2.45) is 5.92 Å². The number of unbranched alkanes of at least 4 members (excludes halogenated alkanes) is 1. The number of hydrogen-bond donors (Lipinski definition) is 0. The van der Waals surface area contributed by atoms with Gasteiger partial charge < -0.3 is 19.1 Å². The average molecular weight is 337 g/mol. The van der Waals surface area contributed by atoms with Gasteiger partial charge in [0.25, 0.3) is 5.91 Å². The molecule has 1 aromatic carbocycles. The molecule has 0 radical (unpaired) electrons. The summed E-state index contributed by atoms with van der Waals surface area (Å²) in [5.41, 5.74) is 0. The summed E-state index contributed by atoms with van der Waals surface area (Å²) >= 11 is 0. The molecular formula is C18H27NO5. The Kier molecular flexibility index (Phi) is 8.68. The van der Waals surface area contributed by atoms with E-state index >= 15 is 0 Å². The van der Waals surface area contributed by atoms with Gasteiger partial charge in [-0.1, -0.05) is 26.3 Å². The molecule has 0 heterocycles. The molecule has 6 nitrogen and oxygen atoms in total. The molecule has 0 aliphatic heterocycles. The highest BCUT2D eigenvalue weighted by atomic mass is 16.5. The van der Waals surface area contributed by atoms with Crippen molar-refractivity contribution < 1.29 is 23.8 Å². The molecule has 0 saturated heterocycles. The number of rotatable bonds is 10. The van der Waals surface area contributed by atoms with E-state index in [4.69, 9.17) is 14.2 Å². The number of esters is 1. The molecule has 134 valence electrons. The third-order valence-corrected chi connectivity index (χ3v) is 3.64. The molecule has 0 aromatic heterocycles. The van der Waals surface area contributed by atoms with E-state index in [0.717, 1.165) is 12.8 Å². The summed E-state index contributed by atoms with van der Waals surface area (Å²) in [6, 6.07) is 7.09. The summed E-state index contributed by atoms with van der Waals surface area (Å²) in [5, 5.41) is 0. The van der Waals surface area contributed by atoms with E-state index in [1.807, 2.05) is 0 Å². The van der Waals surface area contributed by atoms with Crippen LogP contribution in [0.2, 0.25) is 0 Å². The van der Waals surface area contributed by atoms with Crippen molar-refractivity contribution >= 4 is 11.9 Å². The fourth-order valence-electron chi connectivity index (χ4n) is 2.20. The highest BCUT2D eigenvalue weighted by Crippen LogP contribution is 2.19. The molecule has 0 fully saturated rings. The van der Waals surface area contributed by atoms with Crippen LogP contribution in [0, 0.1) is 5.92 Å². The Morgan fingerprint density at radius 2 is 1.92 bits per heavy atom. The molecule has 0 aliphatic carbocycles. The molecule has 1 rings (SSSR count). The van der Waals surface area contributed by atoms with Crippen LogP contribution in [0.5, 0.6) is 11.5 Å². The van der Waals surface area contributed by atoms with Gasteiger partial charge in [-0.3, -0.25) is 9.59 Å². The van der Waals surface area contributed by atoms with Crippen molar-refractivity contribution in [1.82, 2.24) is 4.90 Å². The first-order valence-electron chi connectivity index (χ1n) is 8.14. The van der Waals surface area contributed by atoms with Crippen molar-refractivity contribution in [3.05, 3.63) is 24.3 Å². The zero-order valence-electron chi connectivity index (χ0n) is 14.9. The Balaban J connectivity index is 2.64. The van der Waals surface area contributed by atoms with E-state index in [-0.39, 0.29) is 24.4 Å². The number of hydrogen-bond acceptors (Lipinski definition) is 5. The van der Waals surface area contributed by atoms with Crippen LogP contribution in [0.25, 0.3) is 0 Å². The zero-order chi connectivity index (χ0) is 17.9. The van der Waals surface area contributed by atoms with Gasteiger partial charge in [0.1, 0.15) is 11.5 Å². The first-order valence-corrected chi connectivity index (χ1v) is 8.14. The standard InChI is InChI=1S/C18H27NO5/c1-5-6-10-19(12-14(2)18(21)23-4)17(20)13-24-16-9-7-8-15(11-16)22-3/h7-9,11,14H,5-6,10,12-13H2,1-4H3. The maximum Gasteiger partial charge on any atom is 0.310 e. The van der Waals surface area contributed by atoms with Crippen molar-refractivity contribution in [2.45, 2.75) is 26.7 Å². The summed E-state index contributed by atoms with van der Waals surface area (Å²) in [5.74, 6) is 0.397. The molecule has 1 aromatic rings. The number of carbonyl (C=O) groups excluding carboxylic acids is 2. The predicted octanol–water partition coefficient (Wildman–Crippen LogP) is 2.51. The molecule has 1 atom stereocenters. The van der Waals surface area contributed by atoms with E-state index in [2.05, 4.69) is 6.92 Å². The second-order valence-corrected chi connectivity index (χ2v) is 5.59. The lowest BCUT2D eigenvalue weighted by molar-refractivity contribution is -0.146. The van der Waals surface area contributed by atoms with Crippen LogP contribution in [0.1, 0.15) is 26.7 Å². The molecule has 1 unspecified atom stereocenters. The normalized spacial score (nSPS) is 11.5. The number of benzene rings is 1. The van der Waals surface area contributed by atoms with Crippen molar-refractivity contribution in [2.75, 3.05) is 33.9 Å². The van der Waals surface area contributed by atoms with Gasteiger partial charge in [0.05, 0.1) is 20.1 Å². The third-order valence-electron chi connectivity index (χ3n) is 3.64. The molecule has 0 aliphatic rings. The lowest BCUT2D eigenvalue weighted by Crippen LogP contribution is -2.40. The monoisotopic (exact) mass is 337 g/mol. The van der Waals surface area contributed by atoms with Crippen LogP contribution in [0.4, 0.5) is 0 Å². The summed E-state index contributed by atoms with van der Waals surface area (Å²) in [6.45, 7) is 4.65. The van der Waals surface area contributed by atoms with Gasteiger partial charge in [0.2, 0.25) is 0 Å². The Labute approximate surface area is 143 Å². The summed E-state index contributed by atoms with van der Waals surface area (Å²) in [4.78, 5) is 25.7. The van der Waals surface area contributed by atoms with Gasteiger partial charge >= 0.3 is 5.97 Å². The SMILES string of the molecule is CCCCN(CC(C)C(=O)OC)C(=O)COc1cccc(OC)c1. The minimum absolute atomic E-state index is 0.0786. The molecular weight excluding hydrogens is 310 g/mol. The largest absolute Gasteiger partial charge is 0.497 e. The van der Waals surface area contributed by atoms with Gasteiger partial charge in [-0.15, -0.1) is 0 Å². The van der Waals surface area contributed by atoms with Gasteiger partial charge in [-0.05, 0) is 18.6 Å². The topological polar surface area (TPSA) is 65.1 Å². The molecule has 6 heteroatoms. The van der Waals surface area contributed by atoms with E-state index < -0.39 is 0 Å². The highest BCUT2D eigenvalue weighted by molar-refractivity contribution is 5.79. The number of nitrogens with zero attached hydrogens (tertiary/aromatic N) is 1. The third kappa shape index (κ3) is 6.48. The Hall–Kier alpha value is -2.24. The van der Waals surface area contributed by atoms with Crippen molar-refractivity contribution in [3.63, 3.8) is 0 Å². The van der Waals surface area contributed by atoms with Gasteiger partial charge in [-0.25, -0.2) is 0 Å². The fraction of sp³-hybridized carbons (Fsp3) is 0.556. The summed E-state index contributed by atoms with van der Waals surface area (Å²) in [7, 11) is 2.92. The maximum absolute atomic E-state index is 12.4. The predicted molar refractivity (Wildman–Crippen MR) is 91.2 cm³/mol. The van der Waals surface area contributed by atoms with E-state index in [1.54, 1.807) is 43.2 Å². The maximum atomic E-state index is 12.4. The van der Waals surface area contributed by atoms with Crippen molar-refractivity contribution in [1.29, 1.82) is 0 Å². The fourth-order valence-corrected chi connectivity index (χ4v) is 2.20. The Morgan fingerprint density at radius 3 is 2.54 bits per heavy atom. The molecule has 0 saturated carbocycles. The number of amides is 1. The molecule has 0 bridgehead atoms. The van der Waals surface area contributed by atoms with E-state index in [0.29, 0.717) is 24.6 Å². The van der Waals surface area contributed by atoms with Gasteiger partial charge in [0, 0.05) is 19.2 Å². The number of ether oxygens (including phenoxy) is 3. The van der Waals surface area contributed by atoms with Crippen LogP contribution < -0.4 is 9.47 Å². The summed E-state index contributed by atoms with van der Waals surface area (Å²) in [6.07, 6.45) is 1.84. The second kappa shape index (κ2) is 10.5. The zero-order valence-corrected chi connectivity index (χ0v) is 14.9. The average Bonchev–Trinajstić information content (AvgIpc) is 2.62. The quantitative estimate of drug-likeness (QED) is 0.614. The molecule has 0 N–H and O–H groups in total. The Bertz CT molecular complexity index is 532. The first kappa shape index (κ1) is 19.8. The van der Waals surface area contributed by atoms with Crippen molar-refractivity contribution in [3.8, 4) is 11.5 Å². The van der Waals surface area contributed by atoms with Crippen LogP contribution in [0.15, 0.2) is 24.3 Å². The van der Waals surface area contributed by atoms with Crippen LogP contribution >= 0.6 is 0 Å². The molecule has 0 spiro atoms. The minimum Gasteiger partial charge on any atom is -0.497 e. The van der Waals surface area contributed by atoms with Crippen LogP contribution in [0.3, 0.4) is 0 Å². The van der Waals surface area contributed by atoms with E-state index in [9.17, 15) is 9.59 Å². The smallest absolute Gasteiger partial charge is 0.310 e. The highest BCUT2D eigenvalue weighted by Gasteiger charge is 2.21. The Morgan fingerprint density at radius 1 is 1.21 bits per heavy atom.